The van der Waals surface area contributed by atoms with E-state index in [1.807, 2.05) is 12.1 Å². The van der Waals surface area contributed by atoms with Gasteiger partial charge in [-0.2, -0.15) is 0 Å². The van der Waals surface area contributed by atoms with Crippen LogP contribution in [0.15, 0.2) is 66.7 Å². The van der Waals surface area contributed by atoms with E-state index in [-0.39, 0.29) is 5.78 Å². The van der Waals surface area contributed by atoms with Gasteiger partial charge in [-0.05, 0) is 53.1 Å². The zero-order valence-corrected chi connectivity index (χ0v) is 13.2. The molecule has 0 bridgehead atoms. The van der Waals surface area contributed by atoms with Gasteiger partial charge in [0, 0.05) is 5.56 Å². The molecule has 0 saturated carbocycles. The molecule has 0 atom stereocenters. The Labute approximate surface area is 136 Å². The molecule has 112 valence electrons. The Morgan fingerprint density at radius 1 is 0.739 bits per heavy atom. The lowest BCUT2D eigenvalue weighted by molar-refractivity contribution is 0.101. The molecule has 3 aromatic carbocycles. The van der Waals surface area contributed by atoms with Crippen LogP contribution in [0.1, 0.15) is 39.5 Å². The maximum Gasteiger partial charge on any atom is 0.159 e. The van der Waals surface area contributed by atoms with Gasteiger partial charge in [-0.15, -0.1) is 0 Å². The second kappa shape index (κ2) is 5.51. The number of hydrogen-bond acceptors (Lipinski definition) is 1. The molecule has 1 aliphatic carbocycles. The number of carbonyl (C=O) groups is 1. The molecule has 0 aliphatic heterocycles. The molecule has 0 spiro atoms. The van der Waals surface area contributed by atoms with Gasteiger partial charge in [0.1, 0.15) is 0 Å². The van der Waals surface area contributed by atoms with Crippen molar-refractivity contribution in [2.24, 2.45) is 0 Å². The van der Waals surface area contributed by atoms with Gasteiger partial charge < -0.3 is 0 Å². The average Bonchev–Trinajstić information content (AvgIpc) is 2.59. The molecule has 0 aromatic heterocycles. The second-order valence-electron chi connectivity index (χ2n) is 6.20. The minimum atomic E-state index is 0.112. The van der Waals surface area contributed by atoms with Crippen molar-refractivity contribution in [1.82, 2.24) is 0 Å². The number of benzene rings is 3. The summed E-state index contributed by atoms with van der Waals surface area (Å²) >= 11 is 0. The summed E-state index contributed by atoms with van der Waals surface area (Å²) < 4.78 is 0. The number of ketones is 1. The molecular weight excluding hydrogens is 280 g/mol. The van der Waals surface area contributed by atoms with Gasteiger partial charge in [-0.1, -0.05) is 66.7 Å². The summed E-state index contributed by atoms with van der Waals surface area (Å²) in [4.78, 5) is 11.5. The van der Waals surface area contributed by atoms with Crippen LogP contribution in [0.4, 0.5) is 0 Å². The Bertz CT molecular complexity index is 888. The Morgan fingerprint density at radius 3 is 2.09 bits per heavy atom. The highest BCUT2D eigenvalue weighted by atomic mass is 16.1. The molecule has 0 heterocycles. The fourth-order valence-electron chi connectivity index (χ4n) is 3.46. The van der Waals surface area contributed by atoms with E-state index in [0.29, 0.717) is 0 Å². The summed E-state index contributed by atoms with van der Waals surface area (Å²) in [7, 11) is 0. The fraction of sp³-hybridized carbons (Fsp3) is 0.136. The van der Waals surface area contributed by atoms with Gasteiger partial charge in [0.15, 0.2) is 5.78 Å². The monoisotopic (exact) mass is 298 g/mol. The highest BCUT2D eigenvalue weighted by Gasteiger charge is 2.18. The fourth-order valence-corrected chi connectivity index (χ4v) is 3.46. The van der Waals surface area contributed by atoms with E-state index in [4.69, 9.17) is 0 Å². The van der Waals surface area contributed by atoms with Crippen LogP contribution in [-0.4, -0.2) is 5.78 Å². The molecule has 0 amide bonds. The minimum absolute atomic E-state index is 0.112. The van der Waals surface area contributed by atoms with E-state index in [9.17, 15) is 4.79 Å². The van der Waals surface area contributed by atoms with Crippen LogP contribution in [-0.2, 0) is 12.8 Å². The molecule has 23 heavy (non-hydrogen) atoms. The van der Waals surface area contributed by atoms with Crippen LogP contribution in [0.5, 0.6) is 0 Å². The summed E-state index contributed by atoms with van der Waals surface area (Å²) in [6, 6.07) is 23.2. The first-order valence-corrected chi connectivity index (χ1v) is 8.01. The van der Waals surface area contributed by atoms with E-state index < -0.39 is 0 Å². The Hall–Kier alpha value is -2.67. The molecule has 0 unspecified atom stereocenters. The number of fused-ring (bicyclic) bond motifs is 2. The summed E-state index contributed by atoms with van der Waals surface area (Å²) in [5.74, 6) is 0.112. The van der Waals surface area contributed by atoms with Crippen LogP contribution >= 0.6 is 0 Å². The predicted octanol–water partition coefficient (Wildman–Crippen LogP) is 5.05. The zero-order valence-electron chi connectivity index (χ0n) is 13.2. The van der Waals surface area contributed by atoms with Crippen molar-refractivity contribution in [3.63, 3.8) is 0 Å². The molecule has 0 saturated heterocycles. The first-order chi connectivity index (χ1) is 11.2. The van der Waals surface area contributed by atoms with Crippen molar-refractivity contribution < 1.29 is 4.79 Å². The third-order valence-corrected chi connectivity index (χ3v) is 4.74. The molecule has 0 N–H and O–H groups in total. The van der Waals surface area contributed by atoms with Crippen molar-refractivity contribution in [3.8, 4) is 11.1 Å². The predicted molar refractivity (Wildman–Crippen MR) is 93.9 cm³/mol. The lowest BCUT2D eigenvalue weighted by atomic mass is 9.82. The van der Waals surface area contributed by atoms with Gasteiger partial charge in [0.2, 0.25) is 0 Å². The van der Waals surface area contributed by atoms with Crippen LogP contribution < -0.4 is 0 Å². The normalized spacial score (nSPS) is 12.4. The van der Waals surface area contributed by atoms with E-state index in [1.54, 1.807) is 6.92 Å². The van der Waals surface area contributed by atoms with Crippen LogP contribution in [0.3, 0.4) is 0 Å². The first-order valence-electron chi connectivity index (χ1n) is 8.01. The Morgan fingerprint density at radius 2 is 1.39 bits per heavy atom. The highest BCUT2D eigenvalue weighted by molar-refractivity contribution is 5.94. The third-order valence-electron chi connectivity index (χ3n) is 4.74. The molecule has 4 rings (SSSR count). The molecule has 0 fully saturated rings. The maximum atomic E-state index is 11.5. The van der Waals surface area contributed by atoms with Gasteiger partial charge in [0.25, 0.3) is 0 Å². The third kappa shape index (κ3) is 2.49. The largest absolute Gasteiger partial charge is 0.295 e. The lowest BCUT2D eigenvalue weighted by Gasteiger charge is -2.22. The summed E-state index contributed by atoms with van der Waals surface area (Å²) in [5.41, 5.74) is 8.93. The number of rotatable bonds is 2. The van der Waals surface area contributed by atoms with Crippen molar-refractivity contribution in [2.45, 2.75) is 19.8 Å². The SMILES string of the molecule is CC(=O)c1ccc(-c2cccc3c2Cc2ccccc2C3)cc1. The lowest BCUT2D eigenvalue weighted by Crippen LogP contribution is -2.08. The second-order valence-corrected chi connectivity index (χ2v) is 6.20. The van der Waals surface area contributed by atoms with Crippen molar-refractivity contribution in [2.75, 3.05) is 0 Å². The standard InChI is InChI=1S/C22H18O/c1-15(23)16-9-11-17(12-10-16)21-8-4-7-20-13-18-5-2-3-6-19(18)14-22(20)21/h2-12H,13-14H2,1H3. The maximum absolute atomic E-state index is 11.5. The van der Waals surface area contributed by atoms with E-state index in [1.165, 1.54) is 33.4 Å². The van der Waals surface area contributed by atoms with Crippen LogP contribution in [0, 0.1) is 0 Å². The molecular formula is C22H18O. The topological polar surface area (TPSA) is 17.1 Å². The number of Topliss-reactive ketones (excluding diaryl/α,β-unsaturated/α-hetero) is 1. The quantitative estimate of drug-likeness (QED) is 0.473. The Balaban J connectivity index is 1.79. The zero-order chi connectivity index (χ0) is 15.8. The van der Waals surface area contributed by atoms with Gasteiger partial charge >= 0.3 is 0 Å². The molecule has 3 aromatic rings. The van der Waals surface area contributed by atoms with Gasteiger partial charge in [0.05, 0.1) is 0 Å². The average molecular weight is 298 g/mol. The number of carbonyl (C=O) groups excluding carboxylic acids is 1. The van der Waals surface area contributed by atoms with Gasteiger partial charge in [-0.25, -0.2) is 0 Å². The molecule has 1 aliphatic rings. The highest BCUT2D eigenvalue weighted by Crippen LogP contribution is 2.34. The van der Waals surface area contributed by atoms with Gasteiger partial charge in [-0.3, -0.25) is 4.79 Å². The van der Waals surface area contributed by atoms with Crippen LogP contribution in [0.2, 0.25) is 0 Å². The van der Waals surface area contributed by atoms with Crippen molar-refractivity contribution in [1.29, 1.82) is 0 Å². The smallest absolute Gasteiger partial charge is 0.159 e. The van der Waals surface area contributed by atoms with E-state index in [2.05, 4.69) is 54.6 Å². The molecule has 1 nitrogen and oxygen atoms in total. The Kier molecular flexibility index (Phi) is 3.34. The summed E-state index contributed by atoms with van der Waals surface area (Å²) in [5, 5.41) is 0. The molecule has 1 heteroatoms. The number of hydrogen-bond donors (Lipinski definition) is 0. The first kappa shape index (κ1) is 14.0. The van der Waals surface area contributed by atoms with Crippen LogP contribution in [0.25, 0.3) is 11.1 Å². The minimum Gasteiger partial charge on any atom is -0.295 e. The van der Waals surface area contributed by atoms with Crippen molar-refractivity contribution >= 4 is 5.78 Å². The summed E-state index contributed by atoms with van der Waals surface area (Å²) in [6.45, 7) is 1.61. The van der Waals surface area contributed by atoms with Crippen molar-refractivity contribution in [3.05, 3.63) is 94.5 Å². The summed E-state index contributed by atoms with van der Waals surface area (Å²) in [6.07, 6.45) is 1.99. The van der Waals surface area contributed by atoms with E-state index in [0.717, 1.165) is 18.4 Å². The van der Waals surface area contributed by atoms with E-state index >= 15 is 0 Å². The molecule has 0 radical (unpaired) electrons.